The fraction of sp³-hybridized carbons (Fsp3) is 0. The quantitative estimate of drug-likeness (QED) is 0.565. The van der Waals surface area contributed by atoms with Crippen molar-refractivity contribution < 1.29 is 14.6 Å². The fourth-order valence-electron chi connectivity index (χ4n) is 2.19. The normalized spacial score (nSPS) is 9.92. The van der Waals surface area contributed by atoms with Crippen molar-refractivity contribution in [2.75, 3.05) is 0 Å². The Bertz CT molecular complexity index is 922. The highest BCUT2D eigenvalue weighted by Gasteiger charge is 2.03. The maximum atomic E-state index is 9.50. The van der Waals surface area contributed by atoms with Crippen LogP contribution in [-0.2, 0) is 0 Å². The van der Waals surface area contributed by atoms with Gasteiger partial charge in [0, 0.05) is 17.3 Å². The van der Waals surface area contributed by atoms with E-state index in [0.717, 1.165) is 11.1 Å². The van der Waals surface area contributed by atoms with E-state index in [0.29, 0.717) is 11.6 Å². The molecule has 2 heterocycles. The molecule has 4 aromatic rings. The summed E-state index contributed by atoms with van der Waals surface area (Å²) in [5.41, 5.74) is 2.42. The van der Waals surface area contributed by atoms with Crippen molar-refractivity contribution in [1.29, 1.82) is 0 Å². The van der Waals surface area contributed by atoms with Crippen molar-refractivity contribution in [3.8, 4) is 34.3 Å². The van der Waals surface area contributed by atoms with Crippen LogP contribution in [0, 0.1) is 0 Å². The van der Waals surface area contributed by atoms with Gasteiger partial charge in [-0.25, -0.2) is 0 Å². The zero-order valence-corrected chi connectivity index (χ0v) is 13.3. The van der Waals surface area contributed by atoms with Gasteiger partial charge in [0.05, 0.1) is 0 Å². The lowest BCUT2D eigenvalue weighted by atomic mass is 10.1. The summed E-state index contributed by atoms with van der Waals surface area (Å²) in [6.07, 6.45) is 2.88. The van der Waals surface area contributed by atoms with Crippen LogP contribution in [0.25, 0.3) is 22.7 Å². The van der Waals surface area contributed by atoms with Gasteiger partial charge >= 0.3 is 0 Å². The second-order valence-electron chi connectivity index (χ2n) is 5.11. The Balaban J connectivity index is 0.000000146. The lowest BCUT2D eigenvalue weighted by Crippen LogP contribution is -1.82. The van der Waals surface area contributed by atoms with Gasteiger partial charge in [-0.2, -0.15) is 4.98 Å². The van der Waals surface area contributed by atoms with Crippen LogP contribution in [0.2, 0.25) is 0 Å². The molecule has 0 radical (unpaired) electrons. The Morgan fingerprint density at radius 1 is 0.720 bits per heavy atom. The van der Waals surface area contributed by atoms with Gasteiger partial charge in [0.2, 0.25) is 5.89 Å². The number of hydrogen-bond acceptors (Lipinski definition) is 5. The van der Waals surface area contributed by atoms with E-state index in [2.05, 4.69) is 9.97 Å². The number of aromatic nitrogens is 2. The highest BCUT2D eigenvalue weighted by Crippen LogP contribution is 2.25. The molecule has 0 aliphatic carbocycles. The van der Waals surface area contributed by atoms with Crippen molar-refractivity contribution in [2.45, 2.75) is 0 Å². The van der Waals surface area contributed by atoms with Gasteiger partial charge in [0.25, 0.3) is 5.88 Å². The van der Waals surface area contributed by atoms with Crippen molar-refractivity contribution in [2.24, 2.45) is 0 Å². The summed E-state index contributed by atoms with van der Waals surface area (Å²) in [7, 11) is 0. The number of nitrogens with zero attached hydrogens (tertiary/aromatic N) is 2. The first-order chi connectivity index (χ1) is 12.2. The first-order valence-corrected chi connectivity index (χ1v) is 7.63. The summed E-state index contributed by atoms with van der Waals surface area (Å²) in [6.45, 7) is 0. The van der Waals surface area contributed by atoms with Gasteiger partial charge in [-0.1, -0.05) is 48.5 Å². The highest BCUT2D eigenvalue weighted by atomic mass is 16.4. The first-order valence-electron chi connectivity index (χ1n) is 7.63. The Kier molecular flexibility index (Phi) is 5.07. The minimum Gasteiger partial charge on any atom is -0.506 e. The molecule has 2 N–H and O–H groups in total. The third-order valence-corrected chi connectivity index (χ3v) is 3.35. The van der Waals surface area contributed by atoms with Crippen molar-refractivity contribution >= 4 is 0 Å². The molecule has 5 nitrogen and oxygen atoms in total. The second kappa shape index (κ2) is 7.79. The van der Waals surface area contributed by atoms with Crippen LogP contribution < -0.4 is 0 Å². The molecular weight excluding hydrogens is 316 g/mol. The molecule has 0 unspecified atom stereocenters. The average molecular weight is 332 g/mol. The van der Waals surface area contributed by atoms with Gasteiger partial charge in [-0.3, -0.25) is 4.98 Å². The van der Waals surface area contributed by atoms with Crippen LogP contribution in [0.1, 0.15) is 0 Å². The summed E-state index contributed by atoms with van der Waals surface area (Å²) in [6, 6.07) is 22.4. The van der Waals surface area contributed by atoms with Crippen LogP contribution in [0.4, 0.5) is 0 Å². The molecule has 0 aliphatic heterocycles. The number of benzene rings is 2. The van der Waals surface area contributed by atoms with Crippen molar-refractivity contribution in [3.05, 3.63) is 85.3 Å². The number of pyridine rings is 1. The van der Waals surface area contributed by atoms with E-state index in [9.17, 15) is 5.11 Å². The minimum absolute atomic E-state index is 0.0890. The second-order valence-corrected chi connectivity index (χ2v) is 5.11. The molecule has 0 saturated carbocycles. The Hall–Kier alpha value is -3.60. The van der Waals surface area contributed by atoms with Crippen LogP contribution >= 0.6 is 0 Å². The largest absolute Gasteiger partial charge is 0.506 e. The molecule has 0 spiro atoms. The predicted octanol–water partition coefficient (Wildman–Crippen LogP) is 4.50. The summed E-state index contributed by atoms with van der Waals surface area (Å²) >= 11 is 0. The standard InChI is InChI=1S/C11H9NO.C9H7NO2/c13-10-7-4-8-12-11(10)9-5-2-1-3-6-9;11-8-6-12-9(10-8)7-4-2-1-3-5-7/h1-8,13H;1-6,11H. The summed E-state index contributed by atoms with van der Waals surface area (Å²) < 4.78 is 4.99. The zero-order chi connectivity index (χ0) is 17.5. The summed E-state index contributed by atoms with van der Waals surface area (Å²) in [4.78, 5) is 7.87. The molecule has 4 rings (SSSR count). The SMILES string of the molecule is Oc1cccnc1-c1ccccc1.Oc1coc(-c2ccccc2)n1. The molecule has 0 aliphatic rings. The molecule has 5 heteroatoms. The number of aromatic hydroxyl groups is 2. The molecule has 2 aromatic heterocycles. The van der Waals surface area contributed by atoms with Gasteiger partial charge in [0.1, 0.15) is 11.4 Å². The smallest absolute Gasteiger partial charge is 0.250 e. The summed E-state index contributed by atoms with van der Waals surface area (Å²) in [5.74, 6) is 0.565. The molecule has 2 aromatic carbocycles. The third-order valence-electron chi connectivity index (χ3n) is 3.35. The van der Waals surface area contributed by atoms with Crippen molar-refractivity contribution in [1.82, 2.24) is 9.97 Å². The fourth-order valence-corrected chi connectivity index (χ4v) is 2.19. The molecule has 0 bridgehead atoms. The average Bonchev–Trinajstić information content (AvgIpc) is 3.11. The molecule has 25 heavy (non-hydrogen) atoms. The highest BCUT2D eigenvalue weighted by molar-refractivity contribution is 5.65. The van der Waals surface area contributed by atoms with Crippen LogP contribution in [0.15, 0.2) is 89.7 Å². The minimum atomic E-state index is -0.0890. The van der Waals surface area contributed by atoms with Crippen LogP contribution in [0.5, 0.6) is 11.6 Å². The summed E-state index contributed by atoms with van der Waals surface area (Å²) in [5, 5.41) is 18.4. The van der Waals surface area contributed by atoms with E-state index in [4.69, 9.17) is 9.52 Å². The van der Waals surface area contributed by atoms with E-state index in [1.54, 1.807) is 18.3 Å². The topological polar surface area (TPSA) is 79.4 Å². The van der Waals surface area contributed by atoms with E-state index in [1.165, 1.54) is 6.26 Å². The lowest BCUT2D eigenvalue weighted by Gasteiger charge is -2.01. The Morgan fingerprint density at radius 2 is 1.36 bits per heavy atom. The molecule has 0 fully saturated rings. The molecule has 0 atom stereocenters. The van der Waals surface area contributed by atoms with Crippen LogP contribution in [0.3, 0.4) is 0 Å². The number of hydrogen-bond donors (Lipinski definition) is 2. The van der Waals surface area contributed by atoms with Gasteiger partial charge in [0.15, 0.2) is 6.26 Å². The lowest BCUT2D eigenvalue weighted by molar-refractivity contribution is 0.448. The first kappa shape index (κ1) is 16.3. The molecule has 0 amide bonds. The van der Waals surface area contributed by atoms with E-state index >= 15 is 0 Å². The van der Waals surface area contributed by atoms with E-state index in [-0.39, 0.29) is 11.6 Å². The Morgan fingerprint density at radius 3 is 1.92 bits per heavy atom. The van der Waals surface area contributed by atoms with Crippen molar-refractivity contribution in [3.63, 3.8) is 0 Å². The molecule has 0 saturated heterocycles. The van der Waals surface area contributed by atoms with E-state index < -0.39 is 0 Å². The van der Waals surface area contributed by atoms with Crippen LogP contribution in [-0.4, -0.2) is 20.2 Å². The zero-order valence-electron chi connectivity index (χ0n) is 13.3. The number of oxazole rings is 1. The van der Waals surface area contributed by atoms with Gasteiger partial charge in [-0.15, -0.1) is 0 Å². The monoisotopic (exact) mass is 332 g/mol. The maximum Gasteiger partial charge on any atom is 0.250 e. The molecular formula is C20H16N2O3. The Labute approximate surface area is 144 Å². The number of rotatable bonds is 2. The third kappa shape index (κ3) is 4.23. The van der Waals surface area contributed by atoms with Gasteiger partial charge in [-0.05, 0) is 24.3 Å². The van der Waals surface area contributed by atoms with Gasteiger partial charge < -0.3 is 14.6 Å². The van der Waals surface area contributed by atoms with E-state index in [1.807, 2.05) is 60.7 Å². The molecule has 124 valence electrons. The predicted molar refractivity (Wildman–Crippen MR) is 94.9 cm³/mol. The maximum absolute atomic E-state index is 9.50.